The Morgan fingerprint density at radius 3 is 2.53 bits per heavy atom. The van der Waals surface area contributed by atoms with Crippen LogP contribution in [-0.2, 0) is 10.9 Å². The van der Waals surface area contributed by atoms with Crippen molar-refractivity contribution in [2.24, 2.45) is 0 Å². The van der Waals surface area contributed by atoms with Gasteiger partial charge in [0.2, 0.25) is 0 Å². The number of methoxy groups -OCH3 is 1. The highest BCUT2D eigenvalue weighted by Crippen LogP contribution is 2.34. The van der Waals surface area contributed by atoms with Gasteiger partial charge in [-0.25, -0.2) is 0 Å². The summed E-state index contributed by atoms with van der Waals surface area (Å²) in [6.07, 6.45) is -4.33. The Morgan fingerprint density at radius 2 is 1.89 bits per heavy atom. The molecule has 0 unspecified atom stereocenters. The molecule has 1 aromatic rings. The number of nitrogens with one attached hydrogen (secondary N) is 1. The van der Waals surface area contributed by atoms with Crippen molar-refractivity contribution in [1.82, 2.24) is 4.90 Å². The topological polar surface area (TPSA) is 24.5 Å². The lowest BCUT2D eigenvalue weighted by Crippen LogP contribution is -2.28. The molecule has 0 heterocycles. The van der Waals surface area contributed by atoms with Crippen molar-refractivity contribution in [3.63, 3.8) is 0 Å². The zero-order valence-electron chi connectivity index (χ0n) is 11.1. The van der Waals surface area contributed by atoms with Crippen LogP contribution in [0.15, 0.2) is 24.3 Å². The number of rotatable bonds is 7. The molecule has 19 heavy (non-hydrogen) atoms. The summed E-state index contributed by atoms with van der Waals surface area (Å²) in [5.74, 6) is 0. The lowest BCUT2D eigenvalue weighted by molar-refractivity contribution is -0.136. The Morgan fingerprint density at radius 1 is 1.21 bits per heavy atom. The molecule has 0 saturated heterocycles. The number of benzene rings is 1. The third-order valence-corrected chi connectivity index (χ3v) is 2.72. The summed E-state index contributed by atoms with van der Waals surface area (Å²) in [5, 5.41) is 2.82. The SMILES string of the molecule is COCCN(C)CCNc1ccccc1C(F)(F)F. The van der Waals surface area contributed by atoms with Crippen LogP contribution in [0.3, 0.4) is 0 Å². The number of nitrogens with zero attached hydrogens (tertiary/aromatic N) is 1. The number of likely N-dealkylation sites (N-methyl/N-ethyl adjacent to an activating group) is 1. The van der Waals surface area contributed by atoms with Crippen LogP contribution in [0.5, 0.6) is 0 Å². The highest BCUT2D eigenvalue weighted by atomic mass is 19.4. The van der Waals surface area contributed by atoms with Gasteiger partial charge >= 0.3 is 6.18 Å². The average molecular weight is 276 g/mol. The van der Waals surface area contributed by atoms with Crippen LogP contribution >= 0.6 is 0 Å². The van der Waals surface area contributed by atoms with Crippen LogP contribution in [0.2, 0.25) is 0 Å². The fourth-order valence-electron chi connectivity index (χ4n) is 1.62. The molecule has 0 aliphatic heterocycles. The van der Waals surface area contributed by atoms with Gasteiger partial charge < -0.3 is 15.0 Å². The summed E-state index contributed by atoms with van der Waals surface area (Å²) in [6.45, 7) is 2.46. The van der Waals surface area contributed by atoms with Gasteiger partial charge in [-0.2, -0.15) is 13.2 Å². The van der Waals surface area contributed by atoms with Gasteiger partial charge in [-0.1, -0.05) is 12.1 Å². The first kappa shape index (κ1) is 15.8. The van der Waals surface area contributed by atoms with E-state index in [1.807, 2.05) is 11.9 Å². The molecule has 0 bridgehead atoms. The van der Waals surface area contributed by atoms with E-state index < -0.39 is 11.7 Å². The molecular formula is C13H19F3N2O. The Hall–Kier alpha value is -1.27. The summed E-state index contributed by atoms with van der Waals surface area (Å²) in [5.41, 5.74) is -0.510. The molecule has 108 valence electrons. The Kier molecular flexibility index (Phi) is 6.11. The van der Waals surface area contributed by atoms with E-state index in [-0.39, 0.29) is 5.69 Å². The van der Waals surface area contributed by atoms with E-state index in [0.29, 0.717) is 19.7 Å². The third kappa shape index (κ3) is 5.48. The van der Waals surface area contributed by atoms with Crippen molar-refractivity contribution in [2.45, 2.75) is 6.18 Å². The number of hydrogen-bond acceptors (Lipinski definition) is 3. The highest BCUT2D eigenvalue weighted by molar-refractivity contribution is 5.52. The van der Waals surface area contributed by atoms with Crippen LogP contribution in [0.25, 0.3) is 0 Å². The molecule has 0 radical (unpaired) electrons. The molecule has 0 aliphatic rings. The molecule has 6 heteroatoms. The van der Waals surface area contributed by atoms with E-state index in [1.165, 1.54) is 12.1 Å². The average Bonchev–Trinajstić information content (AvgIpc) is 2.35. The zero-order valence-corrected chi connectivity index (χ0v) is 11.1. The first-order chi connectivity index (χ1) is 8.95. The van der Waals surface area contributed by atoms with Crippen molar-refractivity contribution >= 4 is 5.69 Å². The maximum atomic E-state index is 12.7. The van der Waals surface area contributed by atoms with Crippen LogP contribution in [0, 0.1) is 0 Å². The second-order valence-electron chi connectivity index (χ2n) is 4.27. The van der Waals surface area contributed by atoms with Gasteiger partial charge in [0.1, 0.15) is 0 Å². The number of anilines is 1. The molecule has 0 amide bonds. The second-order valence-corrected chi connectivity index (χ2v) is 4.27. The maximum Gasteiger partial charge on any atom is 0.418 e. The molecule has 1 rings (SSSR count). The predicted molar refractivity (Wildman–Crippen MR) is 69.3 cm³/mol. The van der Waals surface area contributed by atoms with E-state index in [4.69, 9.17) is 4.74 Å². The summed E-state index contributed by atoms with van der Waals surface area (Å²) >= 11 is 0. The number of alkyl halides is 3. The van der Waals surface area contributed by atoms with Gasteiger partial charge in [-0.05, 0) is 19.2 Å². The molecule has 0 aromatic heterocycles. The van der Waals surface area contributed by atoms with Crippen molar-refractivity contribution in [3.05, 3.63) is 29.8 Å². The van der Waals surface area contributed by atoms with E-state index in [0.717, 1.165) is 12.6 Å². The maximum absolute atomic E-state index is 12.7. The van der Waals surface area contributed by atoms with Gasteiger partial charge in [0.15, 0.2) is 0 Å². The number of para-hydroxylation sites is 1. The van der Waals surface area contributed by atoms with Crippen LogP contribution in [0.1, 0.15) is 5.56 Å². The fourth-order valence-corrected chi connectivity index (χ4v) is 1.62. The lowest BCUT2D eigenvalue weighted by atomic mass is 10.1. The molecule has 0 spiro atoms. The standard InChI is InChI=1S/C13H19F3N2O/c1-18(9-10-19-2)8-7-17-12-6-4-3-5-11(12)13(14,15)16/h3-6,17H,7-10H2,1-2H3. The molecule has 0 saturated carbocycles. The molecule has 0 atom stereocenters. The predicted octanol–water partition coefficient (Wildman–Crippen LogP) is 2.70. The summed E-state index contributed by atoms with van der Waals surface area (Å²) < 4.78 is 43.1. The van der Waals surface area contributed by atoms with Crippen molar-refractivity contribution in [3.8, 4) is 0 Å². The van der Waals surface area contributed by atoms with Gasteiger partial charge in [-0.3, -0.25) is 0 Å². The van der Waals surface area contributed by atoms with Gasteiger partial charge in [0.05, 0.1) is 12.2 Å². The zero-order chi connectivity index (χ0) is 14.3. The molecule has 0 aliphatic carbocycles. The molecule has 0 fully saturated rings. The van der Waals surface area contributed by atoms with E-state index in [9.17, 15) is 13.2 Å². The summed E-state index contributed by atoms with van der Waals surface area (Å²) in [7, 11) is 3.52. The molecular weight excluding hydrogens is 257 g/mol. The van der Waals surface area contributed by atoms with Crippen molar-refractivity contribution < 1.29 is 17.9 Å². The smallest absolute Gasteiger partial charge is 0.383 e. The second kappa shape index (κ2) is 7.35. The van der Waals surface area contributed by atoms with Crippen LogP contribution < -0.4 is 5.32 Å². The summed E-state index contributed by atoms with van der Waals surface area (Å²) in [4.78, 5) is 1.99. The number of halogens is 3. The van der Waals surface area contributed by atoms with Crippen LogP contribution in [-0.4, -0.2) is 45.3 Å². The van der Waals surface area contributed by atoms with Gasteiger partial charge in [0.25, 0.3) is 0 Å². The molecule has 1 N–H and O–H groups in total. The normalized spacial score (nSPS) is 11.9. The number of ether oxygens (including phenoxy) is 1. The van der Waals surface area contributed by atoms with Crippen molar-refractivity contribution in [2.75, 3.05) is 45.7 Å². The van der Waals surface area contributed by atoms with Crippen molar-refractivity contribution in [1.29, 1.82) is 0 Å². The number of hydrogen-bond donors (Lipinski definition) is 1. The molecule has 1 aromatic carbocycles. The minimum atomic E-state index is -4.33. The third-order valence-electron chi connectivity index (χ3n) is 2.72. The monoisotopic (exact) mass is 276 g/mol. The first-order valence-corrected chi connectivity index (χ1v) is 6.02. The van der Waals surface area contributed by atoms with Crippen LogP contribution in [0.4, 0.5) is 18.9 Å². The van der Waals surface area contributed by atoms with E-state index >= 15 is 0 Å². The quantitative estimate of drug-likeness (QED) is 0.828. The first-order valence-electron chi connectivity index (χ1n) is 6.02. The largest absolute Gasteiger partial charge is 0.418 e. The Labute approximate surface area is 111 Å². The van der Waals surface area contributed by atoms with E-state index in [2.05, 4.69) is 5.32 Å². The highest BCUT2D eigenvalue weighted by Gasteiger charge is 2.32. The minimum Gasteiger partial charge on any atom is -0.383 e. The summed E-state index contributed by atoms with van der Waals surface area (Å²) in [6, 6.07) is 5.50. The van der Waals surface area contributed by atoms with E-state index in [1.54, 1.807) is 13.2 Å². The van der Waals surface area contributed by atoms with Gasteiger partial charge in [0, 0.05) is 32.4 Å². The Balaban J connectivity index is 2.50. The van der Waals surface area contributed by atoms with Gasteiger partial charge in [-0.15, -0.1) is 0 Å². The minimum absolute atomic E-state index is 0.121. The molecule has 3 nitrogen and oxygen atoms in total. The fraction of sp³-hybridized carbons (Fsp3) is 0.538. The Bertz CT molecular complexity index is 382. The lowest BCUT2D eigenvalue weighted by Gasteiger charge is -2.18.